The average molecular weight is 350 g/mol. The monoisotopic (exact) mass is 350 g/mol. The first-order chi connectivity index (χ1) is 8.22. The minimum Gasteiger partial charge on any atom is -0.390 e. The molecule has 17 heavy (non-hydrogen) atoms. The summed E-state index contributed by atoms with van der Waals surface area (Å²) in [5.41, 5.74) is 1.46. The van der Waals surface area contributed by atoms with Crippen LogP contribution in [0.4, 0.5) is 0 Å². The van der Waals surface area contributed by atoms with Crippen LogP contribution in [0, 0.1) is 17.8 Å². The van der Waals surface area contributed by atoms with Crippen molar-refractivity contribution in [2.75, 3.05) is 11.0 Å². The molecular formula is C13H19IO3. The predicted molar refractivity (Wildman–Crippen MR) is 73.0 cm³/mol. The summed E-state index contributed by atoms with van der Waals surface area (Å²) in [6.45, 7) is 2.99. The minimum absolute atomic E-state index is 0.0626. The van der Waals surface area contributed by atoms with Crippen LogP contribution in [0.25, 0.3) is 0 Å². The molecule has 2 saturated heterocycles. The Morgan fingerprint density at radius 3 is 3.12 bits per heavy atom. The van der Waals surface area contributed by atoms with Crippen molar-refractivity contribution >= 4 is 22.6 Å². The van der Waals surface area contributed by atoms with Crippen molar-refractivity contribution in [3.8, 4) is 0 Å². The third kappa shape index (κ3) is 1.97. The standard InChI is InChI=1S/C13H19IO3/c1-7-2-3-9-11-8(7)4-5-16-13(11)17-10(6-14)12(9)15/h2,8-13,15H,3-6H2,1H3/t8-,9-,10+,11+,12-,13-/m0/s1. The maximum absolute atomic E-state index is 10.4. The van der Waals surface area contributed by atoms with Crippen LogP contribution in [-0.4, -0.2) is 34.6 Å². The molecule has 2 fully saturated rings. The molecule has 3 nitrogen and oxygen atoms in total. The van der Waals surface area contributed by atoms with Gasteiger partial charge >= 0.3 is 0 Å². The lowest BCUT2D eigenvalue weighted by atomic mass is 9.66. The van der Waals surface area contributed by atoms with Gasteiger partial charge in [-0.05, 0) is 31.6 Å². The molecule has 96 valence electrons. The molecule has 1 N–H and O–H groups in total. The topological polar surface area (TPSA) is 38.7 Å². The van der Waals surface area contributed by atoms with Crippen LogP contribution in [0.2, 0.25) is 0 Å². The molecule has 4 heteroatoms. The average Bonchev–Trinajstić information content (AvgIpc) is 2.36. The maximum atomic E-state index is 10.4. The number of rotatable bonds is 1. The first kappa shape index (κ1) is 12.4. The van der Waals surface area contributed by atoms with Gasteiger partial charge in [-0.1, -0.05) is 34.2 Å². The Morgan fingerprint density at radius 1 is 1.53 bits per heavy atom. The van der Waals surface area contributed by atoms with Crippen LogP contribution in [0.3, 0.4) is 0 Å². The van der Waals surface area contributed by atoms with Gasteiger partial charge < -0.3 is 14.6 Å². The molecule has 1 aliphatic carbocycles. The summed E-state index contributed by atoms with van der Waals surface area (Å²) < 4.78 is 12.5. The third-order valence-corrected chi connectivity index (χ3v) is 5.43. The highest BCUT2D eigenvalue weighted by atomic mass is 127. The van der Waals surface area contributed by atoms with Crippen LogP contribution in [0.15, 0.2) is 11.6 Å². The molecule has 0 aromatic carbocycles. The van der Waals surface area contributed by atoms with Gasteiger partial charge in [0.1, 0.15) is 0 Å². The molecule has 0 amide bonds. The summed E-state index contributed by atoms with van der Waals surface area (Å²) in [6, 6.07) is 0. The fourth-order valence-corrected chi connectivity index (χ4v) is 4.35. The molecule has 3 aliphatic rings. The van der Waals surface area contributed by atoms with E-state index in [1.807, 2.05) is 0 Å². The molecule has 2 heterocycles. The van der Waals surface area contributed by atoms with Gasteiger partial charge in [-0.25, -0.2) is 0 Å². The van der Waals surface area contributed by atoms with Gasteiger partial charge in [-0.15, -0.1) is 0 Å². The van der Waals surface area contributed by atoms with Gasteiger partial charge in [0.15, 0.2) is 6.29 Å². The van der Waals surface area contributed by atoms with Gasteiger partial charge in [0.2, 0.25) is 0 Å². The highest BCUT2D eigenvalue weighted by Crippen LogP contribution is 2.48. The normalized spacial score (nSPS) is 49.5. The quantitative estimate of drug-likeness (QED) is 0.447. The molecule has 0 aromatic heterocycles. The summed E-state index contributed by atoms with van der Waals surface area (Å²) in [5.74, 6) is 1.24. The number of allylic oxidation sites excluding steroid dienone is 2. The lowest BCUT2D eigenvalue weighted by Crippen LogP contribution is -2.57. The van der Waals surface area contributed by atoms with Gasteiger partial charge in [-0.3, -0.25) is 0 Å². The minimum atomic E-state index is -0.332. The van der Waals surface area contributed by atoms with Crippen molar-refractivity contribution in [2.45, 2.75) is 38.3 Å². The van der Waals surface area contributed by atoms with E-state index in [9.17, 15) is 5.11 Å². The van der Waals surface area contributed by atoms with Crippen molar-refractivity contribution in [1.29, 1.82) is 0 Å². The molecule has 0 saturated carbocycles. The lowest BCUT2D eigenvalue weighted by molar-refractivity contribution is -0.288. The van der Waals surface area contributed by atoms with Crippen molar-refractivity contribution < 1.29 is 14.6 Å². The van der Waals surface area contributed by atoms with Crippen molar-refractivity contribution in [3.63, 3.8) is 0 Å². The molecule has 0 radical (unpaired) electrons. The van der Waals surface area contributed by atoms with Crippen molar-refractivity contribution in [2.24, 2.45) is 17.8 Å². The smallest absolute Gasteiger partial charge is 0.161 e. The van der Waals surface area contributed by atoms with E-state index in [0.717, 1.165) is 23.9 Å². The SMILES string of the molecule is CC1=CC[C@@H]2[C@H](O)[C@@H](CI)O[C@@H]3OCC[C@@H]1[C@@H]32. The number of hydrogen-bond acceptors (Lipinski definition) is 3. The zero-order valence-electron chi connectivity index (χ0n) is 10.0. The van der Waals surface area contributed by atoms with Crippen LogP contribution < -0.4 is 0 Å². The lowest BCUT2D eigenvalue weighted by Gasteiger charge is -2.52. The second-order valence-electron chi connectivity index (χ2n) is 5.38. The summed E-state index contributed by atoms with van der Waals surface area (Å²) in [5, 5.41) is 10.4. The summed E-state index contributed by atoms with van der Waals surface area (Å²) in [7, 11) is 0. The van der Waals surface area contributed by atoms with Crippen LogP contribution in [0.1, 0.15) is 19.8 Å². The van der Waals surface area contributed by atoms with Gasteiger partial charge in [-0.2, -0.15) is 0 Å². The number of alkyl halides is 1. The summed E-state index contributed by atoms with van der Waals surface area (Å²) in [4.78, 5) is 0. The van der Waals surface area contributed by atoms with E-state index in [0.29, 0.717) is 17.8 Å². The van der Waals surface area contributed by atoms with Gasteiger partial charge in [0.25, 0.3) is 0 Å². The van der Waals surface area contributed by atoms with Crippen molar-refractivity contribution in [1.82, 2.24) is 0 Å². The highest BCUT2D eigenvalue weighted by Gasteiger charge is 2.51. The molecule has 0 spiro atoms. The van der Waals surface area contributed by atoms with E-state index in [1.165, 1.54) is 5.57 Å². The molecule has 0 unspecified atom stereocenters. The largest absolute Gasteiger partial charge is 0.390 e. The second-order valence-corrected chi connectivity index (χ2v) is 6.26. The van der Waals surface area contributed by atoms with E-state index in [2.05, 4.69) is 35.6 Å². The van der Waals surface area contributed by atoms with Crippen LogP contribution in [0.5, 0.6) is 0 Å². The zero-order valence-corrected chi connectivity index (χ0v) is 12.2. The highest BCUT2D eigenvalue weighted by molar-refractivity contribution is 14.1. The maximum Gasteiger partial charge on any atom is 0.161 e. The van der Waals surface area contributed by atoms with E-state index in [4.69, 9.17) is 9.47 Å². The number of aliphatic hydroxyl groups excluding tert-OH is 1. The van der Waals surface area contributed by atoms with Crippen molar-refractivity contribution in [3.05, 3.63) is 11.6 Å². The predicted octanol–water partition coefficient (Wildman–Crippen LogP) is 2.13. The Hall–Kier alpha value is 0.350. The van der Waals surface area contributed by atoms with Crippen LogP contribution in [-0.2, 0) is 9.47 Å². The van der Waals surface area contributed by atoms with E-state index in [-0.39, 0.29) is 18.5 Å². The summed E-state index contributed by atoms with van der Waals surface area (Å²) in [6.07, 6.45) is 3.88. The molecule has 3 rings (SSSR count). The fourth-order valence-electron chi connectivity index (χ4n) is 3.62. The van der Waals surface area contributed by atoms with E-state index in [1.54, 1.807) is 0 Å². The molecular weight excluding hydrogens is 331 g/mol. The van der Waals surface area contributed by atoms with E-state index >= 15 is 0 Å². The number of hydrogen-bond donors (Lipinski definition) is 1. The molecule has 0 bridgehead atoms. The number of halogens is 1. The Labute approximate surface area is 116 Å². The van der Waals surface area contributed by atoms with E-state index < -0.39 is 0 Å². The third-order valence-electron chi connectivity index (χ3n) is 4.56. The van der Waals surface area contributed by atoms with Crippen LogP contribution >= 0.6 is 22.6 Å². The fraction of sp³-hybridized carbons (Fsp3) is 0.846. The Kier molecular flexibility index (Phi) is 3.49. The molecule has 0 aromatic rings. The second kappa shape index (κ2) is 4.79. The Balaban J connectivity index is 1.91. The number of aliphatic hydroxyl groups is 1. The summed E-state index contributed by atoms with van der Waals surface area (Å²) >= 11 is 2.28. The number of ether oxygens (including phenoxy) is 2. The molecule has 2 aliphatic heterocycles. The van der Waals surface area contributed by atoms with Gasteiger partial charge in [0.05, 0.1) is 18.8 Å². The Bertz CT molecular complexity index is 331. The molecule has 6 atom stereocenters. The zero-order chi connectivity index (χ0) is 12.0. The van der Waals surface area contributed by atoms with Gasteiger partial charge in [0, 0.05) is 10.3 Å². The Morgan fingerprint density at radius 2 is 2.35 bits per heavy atom. The first-order valence-electron chi connectivity index (χ1n) is 6.40. The first-order valence-corrected chi connectivity index (χ1v) is 7.92.